The summed E-state index contributed by atoms with van der Waals surface area (Å²) >= 11 is 3.66. The van der Waals surface area contributed by atoms with Crippen LogP contribution in [0.3, 0.4) is 0 Å². The Hall–Kier alpha value is -1.86. The number of fused-ring (bicyclic) bond motifs is 1. The molecule has 2 aromatic rings. The maximum Gasteiger partial charge on any atom is 0.242 e. The number of carbonyl (C=O) groups excluding carboxylic acids is 2. The standard InChI is InChI=1S/C22H29BrN4O2/c1-16-21(23)18-5-3-4-6-19(18)27(16)15-20(28)25-9-7-17(8-10-25)22(29)26-13-11-24(2)12-14-26/h3-6,17H,7-15H2,1-2H3. The van der Waals surface area contributed by atoms with Gasteiger partial charge in [0.1, 0.15) is 6.54 Å². The van der Waals surface area contributed by atoms with Crippen LogP contribution in [0.2, 0.25) is 0 Å². The molecule has 0 bridgehead atoms. The number of halogens is 1. The highest BCUT2D eigenvalue weighted by atomic mass is 79.9. The lowest BCUT2D eigenvalue weighted by molar-refractivity contribution is -0.142. The molecule has 6 nitrogen and oxygen atoms in total. The second kappa shape index (κ2) is 8.48. The summed E-state index contributed by atoms with van der Waals surface area (Å²) in [5.41, 5.74) is 2.14. The minimum Gasteiger partial charge on any atom is -0.341 e. The molecular formula is C22H29BrN4O2. The molecule has 0 aliphatic carbocycles. The van der Waals surface area contributed by atoms with Crippen molar-refractivity contribution in [2.24, 2.45) is 5.92 Å². The molecule has 2 fully saturated rings. The molecule has 4 rings (SSSR count). The molecule has 0 unspecified atom stereocenters. The predicted molar refractivity (Wildman–Crippen MR) is 118 cm³/mol. The van der Waals surface area contributed by atoms with Crippen LogP contribution in [0.5, 0.6) is 0 Å². The van der Waals surface area contributed by atoms with Crippen molar-refractivity contribution in [1.29, 1.82) is 0 Å². The molecule has 2 aliphatic heterocycles. The van der Waals surface area contributed by atoms with Crippen LogP contribution in [-0.4, -0.2) is 77.4 Å². The number of rotatable bonds is 3. The van der Waals surface area contributed by atoms with E-state index < -0.39 is 0 Å². The van der Waals surface area contributed by atoms with Crippen LogP contribution in [0.1, 0.15) is 18.5 Å². The van der Waals surface area contributed by atoms with Crippen LogP contribution in [0.4, 0.5) is 0 Å². The summed E-state index contributed by atoms with van der Waals surface area (Å²) in [4.78, 5) is 32.0. The molecule has 0 radical (unpaired) electrons. The molecular weight excluding hydrogens is 432 g/mol. The number of hydrogen-bond acceptors (Lipinski definition) is 3. The summed E-state index contributed by atoms with van der Waals surface area (Å²) in [5, 5.41) is 1.13. The fourth-order valence-corrected chi connectivity index (χ4v) is 5.04. The van der Waals surface area contributed by atoms with E-state index in [4.69, 9.17) is 0 Å². The first-order chi connectivity index (χ1) is 14.0. The first-order valence-corrected chi connectivity index (χ1v) is 11.2. The molecule has 2 aliphatic rings. The summed E-state index contributed by atoms with van der Waals surface area (Å²) in [6.45, 7) is 7.26. The number of carbonyl (C=O) groups is 2. The lowest BCUT2D eigenvalue weighted by Crippen LogP contribution is -2.51. The summed E-state index contributed by atoms with van der Waals surface area (Å²) in [7, 11) is 2.10. The van der Waals surface area contributed by atoms with E-state index in [0.717, 1.165) is 60.1 Å². The van der Waals surface area contributed by atoms with Gasteiger partial charge in [0.05, 0.1) is 0 Å². The van der Waals surface area contributed by atoms with Gasteiger partial charge in [0.25, 0.3) is 0 Å². The van der Waals surface area contributed by atoms with Crippen LogP contribution < -0.4 is 0 Å². The average Bonchev–Trinajstić information content (AvgIpc) is 2.99. The Morgan fingerprint density at radius 3 is 2.34 bits per heavy atom. The molecule has 0 saturated carbocycles. The van der Waals surface area contributed by atoms with Crippen molar-refractivity contribution in [3.63, 3.8) is 0 Å². The third kappa shape index (κ3) is 4.08. The van der Waals surface area contributed by atoms with Crippen LogP contribution >= 0.6 is 15.9 Å². The van der Waals surface area contributed by atoms with Crippen molar-refractivity contribution in [3.05, 3.63) is 34.4 Å². The van der Waals surface area contributed by atoms with Gasteiger partial charge in [-0.1, -0.05) is 18.2 Å². The van der Waals surface area contributed by atoms with E-state index in [1.54, 1.807) is 0 Å². The Morgan fingerprint density at radius 2 is 1.66 bits per heavy atom. The molecule has 0 spiro atoms. The van der Waals surface area contributed by atoms with Crippen molar-refractivity contribution in [2.45, 2.75) is 26.3 Å². The number of amides is 2. The largest absolute Gasteiger partial charge is 0.341 e. The molecule has 7 heteroatoms. The Kier molecular flexibility index (Phi) is 5.97. The van der Waals surface area contributed by atoms with Crippen LogP contribution in [0.15, 0.2) is 28.7 Å². The zero-order valence-electron chi connectivity index (χ0n) is 17.2. The minimum atomic E-state index is 0.0609. The topological polar surface area (TPSA) is 48.8 Å². The molecule has 1 aromatic carbocycles. The van der Waals surface area contributed by atoms with Crippen molar-refractivity contribution < 1.29 is 9.59 Å². The summed E-state index contributed by atoms with van der Waals surface area (Å²) < 4.78 is 3.14. The monoisotopic (exact) mass is 460 g/mol. The molecule has 3 heterocycles. The molecule has 2 saturated heterocycles. The van der Waals surface area contributed by atoms with E-state index in [9.17, 15) is 9.59 Å². The van der Waals surface area contributed by atoms with Gasteiger partial charge in [-0.25, -0.2) is 0 Å². The number of likely N-dealkylation sites (tertiary alicyclic amines) is 1. The van der Waals surface area contributed by atoms with E-state index >= 15 is 0 Å². The number of piperazine rings is 1. The maximum absolute atomic E-state index is 13.0. The van der Waals surface area contributed by atoms with Crippen LogP contribution in [-0.2, 0) is 16.1 Å². The number of piperidine rings is 1. The number of nitrogens with zero attached hydrogens (tertiary/aromatic N) is 4. The Labute approximate surface area is 180 Å². The number of benzene rings is 1. The lowest BCUT2D eigenvalue weighted by atomic mass is 9.95. The fourth-order valence-electron chi connectivity index (χ4n) is 4.49. The van der Waals surface area contributed by atoms with Gasteiger partial charge in [-0.05, 0) is 48.8 Å². The SMILES string of the molecule is Cc1c(Br)c2ccccc2n1CC(=O)N1CCC(C(=O)N2CCN(C)CC2)CC1. The number of likely N-dealkylation sites (N-methyl/N-ethyl adjacent to an activating group) is 1. The first-order valence-electron chi connectivity index (χ1n) is 10.4. The summed E-state index contributed by atoms with van der Waals surface area (Å²) in [6, 6.07) is 8.15. The number of hydrogen-bond donors (Lipinski definition) is 0. The molecule has 1 aromatic heterocycles. The zero-order valence-corrected chi connectivity index (χ0v) is 18.8. The number of aromatic nitrogens is 1. The second-order valence-electron chi connectivity index (χ2n) is 8.29. The Morgan fingerprint density at radius 1 is 1.00 bits per heavy atom. The van der Waals surface area contributed by atoms with Crippen LogP contribution in [0.25, 0.3) is 10.9 Å². The average molecular weight is 461 g/mol. The smallest absolute Gasteiger partial charge is 0.242 e. The van der Waals surface area contributed by atoms with Gasteiger partial charge in [-0.2, -0.15) is 0 Å². The predicted octanol–water partition coefficient (Wildman–Crippen LogP) is 2.72. The van der Waals surface area contributed by atoms with Crippen molar-refractivity contribution in [2.75, 3.05) is 46.3 Å². The highest BCUT2D eigenvalue weighted by Gasteiger charge is 2.31. The third-order valence-electron chi connectivity index (χ3n) is 6.46. The first kappa shape index (κ1) is 20.4. The Bertz CT molecular complexity index is 909. The van der Waals surface area contributed by atoms with Gasteiger partial charge in [-0.3, -0.25) is 9.59 Å². The van der Waals surface area contributed by atoms with Crippen LogP contribution in [0, 0.1) is 12.8 Å². The molecule has 29 heavy (non-hydrogen) atoms. The highest BCUT2D eigenvalue weighted by Crippen LogP contribution is 2.30. The highest BCUT2D eigenvalue weighted by molar-refractivity contribution is 9.10. The maximum atomic E-state index is 13.0. The van der Waals surface area contributed by atoms with E-state index in [-0.39, 0.29) is 17.7 Å². The van der Waals surface area contributed by atoms with E-state index in [2.05, 4.69) is 44.6 Å². The molecule has 156 valence electrons. The fraction of sp³-hybridized carbons (Fsp3) is 0.545. The van der Waals surface area contributed by atoms with Crippen molar-refractivity contribution >= 4 is 38.6 Å². The molecule has 2 amide bonds. The lowest BCUT2D eigenvalue weighted by Gasteiger charge is -2.37. The normalized spacial score (nSPS) is 19.1. The second-order valence-corrected chi connectivity index (χ2v) is 9.08. The minimum absolute atomic E-state index is 0.0609. The summed E-state index contributed by atoms with van der Waals surface area (Å²) in [6.07, 6.45) is 1.54. The van der Waals surface area contributed by atoms with Gasteiger partial charge in [-0.15, -0.1) is 0 Å². The quantitative estimate of drug-likeness (QED) is 0.707. The van der Waals surface area contributed by atoms with Gasteiger partial charge < -0.3 is 19.3 Å². The van der Waals surface area contributed by atoms with Gasteiger partial charge in [0.2, 0.25) is 11.8 Å². The summed E-state index contributed by atoms with van der Waals surface area (Å²) in [5.74, 6) is 0.471. The van der Waals surface area contributed by atoms with Crippen molar-refractivity contribution in [3.8, 4) is 0 Å². The number of para-hydroxylation sites is 1. The van der Waals surface area contributed by atoms with Gasteiger partial charge in [0.15, 0.2) is 0 Å². The van der Waals surface area contributed by atoms with E-state index in [1.165, 1.54) is 0 Å². The van der Waals surface area contributed by atoms with Gasteiger partial charge >= 0.3 is 0 Å². The van der Waals surface area contributed by atoms with Crippen molar-refractivity contribution in [1.82, 2.24) is 19.3 Å². The van der Waals surface area contributed by atoms with E-state index in [1.807, 2.05) is 28.9 Å². The molecule has 0 atom stereocenters. The van der Waals surface area contributed by atoms with E-state index in [0.29, 0.717) is 19.6 Å². The Balaban J connectivity index is 1.36. The van der Waals surface area contributed by atoms with Gasteiger partial charge in [0, 0.05) is 66.3 Å². The molecule has 0 N–H and O–H groups in total. The zero-order chi connectivity index (χ0) is 20.5. The third-order valence-corrected chi connectivity index (χ3v) is 7.46.